The Balaban J connectivity index is 1.52. The van der Waals surface area contributed by atoms with Crippen LogP contribution in [0.3, 0.4) is 0 Å². The van der Waals surface area contributed by atoms with Crippen LogP contribution in [-0.2, 0) is 11.3 Å². The highest BCUT2D eigenvalue weighted by Crippen LogP contribution is 2.35. The van der Waals surface area contributed by atoms with Crippen molar-refractivity contribution in [1.82, 2.24) is 14.5 Å². The van der Waals surface area contributed by atoms with Crippen LogP contribution >= 0.6 is 0 Å². The molecule has 4 nitrogen and oxygen atoms in total. The van der Waals surface area contributed by atoms with E-state index < -0.39 is 0 Å². The lowest BCUT2D eigenvalue weighted by Crippen LogP contribution is -2.42. The van der Waals surface area contributed by atoms with Gasteiger partial charge >= 0.3 is 0 Å². The summed E-state index contributed by atoms with van der Waals surface area (Å²) in [6.45, 7) is 4.90. The van der Waals surface area contributed by atoms with E-state index in [1.54, 1.807) is 6.20 Å². The molecular formula is C20H27N3O. The average Bonchev–Trinajstić information content (AvgIpc) is 3.15. The molecule has 1 saturated heterocycles. The Morgan fingerprint density at radius 2 is 2.12 bits per heavy atom. The maximum absolute atomic E-state index is 12.5. The first-order chi connectivity index (χ1) is 11.8. The third kappa shape index (κ3) is 4.05. The van der Waals surface area contributed by atoms with Crippen LogP contribution in [0.15, 0.2) is 49.1 Å². The van der Waals surface area contributed by atoms with Crippen molar-refractivity contribution in [3.05, 3.63) is 54.6 Å². The quantitative estimate of drug-likeness (QED) is 0.812. The van der Waals surface area contributed by atoms with Gasteiger partial charge in [0.05, 0.1) is 6.33 Å². The van der Waals surface area contributed by atoms with E-state index >= 15 is 0 Å². The minimum atomic E-state index is 0.306. The van der Waals surface area contributed by atoms with Gasteiger partial charge in [-0.2, -0.15) is 0 Å². The van der Waals surface area contributed by atoms with Crippen molar-refractivity contribution in [2.45, 2.75) is 45.1 Å². The number of likely N-dealkylation sites (tertiary alicyclic amines) is 1. The van der Waals surface area contributed by atoms with Crippen LogP contribution in [-0.4, -0.2) is 33.4 Å². The molecule has 0 N–H and O–H groups in total. The molecule has 1 aromatic heterocycles. The molecule has 0 radical (unpaired) electrons. The van der Waals surface area contributed by atoms with E-state index in [1.165, 1.54) is 5.56 Å². The number of carbonyl (C=O) groups excluding carboxylic acids is 1. The van der Waals surface area contributed by atoms with Crippen molar-refractivity contribution in [3.8, 4) is 0 Å². The molecule has 1 amide bonds. The minimum Gasteiger partial charge on any atom is -0.342 e. The number of hydrogen-bond donors (Lipinski definition) is 0. The van der Waals surface area contributed by atoms with Gasteiger partial charge in [0, 0.05) is 38.4 Å². The minimum absolute atomic E-state index is 0.306. The molecule has 1 aliphatic rings. The lowest BCUT2D eigenvalue weighted by atomic mass is 9.79. The molecule has 0 spiro atoms. The van der Waals surface area contributed by atoms with Crippen LogP contribution in [0.25, 0.3) is 0 Å². The number of carbonyl (C=O) groups is 1. The number of benzene rings is 1. The molecule has 0 aliphatic carbocycles. The van der Waals surface area contributed by atoms with Crippen LogP contribution in [0, 0.1) is 5.92 Å². The zero-order valence-corrected chi connectivity index (χ0v) is 14.5. The maximum atomic E-state index is 12.5. The van der Waals surface area contributed by atoms with Gasteiger partial charge in [0.2, 0.25) is 5.91 Å². The van der Waals surface area contributed by atoms with Crippen molar-refractivity contribution >= 4 is 5.91 Å². The van der Waals surface area contributed by atoms with Crippen LogP contribution in [0.2, 0.25) is 0 Å². The Morgan fingerprint density at radius 1 is 1.29 bits per heavy atom. The molecule has 2 heterocycles. The number of hydrogen-bond acceptors (Lipinski definition) is 2. The third-order valence-corrected chi connectivity index (χ3v) is 5.20. The van der Waals surface area contributed by atoms with Gasteiger partial charge in [-0.3, -0.25) is 4.79 Å². The molecule has 1 fully saturated rings. The Kier molecular flexibility index (Phi) is 5.68. The molecule has 4 heteroatoms. The lowest BCUT2D eigenvalue weighted by molar-refractivity contribution is -0.133. The number of aromatic nitrogens is 2. The fraction of sp³-hybridized carbons (Fsp3) is 0.500. The van der Waals surface area contributed by atoms with Crippen molar-refractivity contribution in [2.75, 3.05) is 13.1 Å². The highest BCUT2D eigenvalue weighted by Gasteiger charge is 2.30. The molecule has 24 heavy (non-hydrogen) atoms. The van der Waals surface area contributed by atoms with E-state index in [4.69, 9.17) is 0 Å². The van der Waals surface area contributed by atoms with E-state index in [-0.39, 0.29) is 0 Å². The monoisotopic (exact) mass is 325 g/mol. The van der Waals surface area contributed by atoms with Gasteiger partial charge in [-0.05, 0) is 30.2 Å². The Hall–Kier alpha value is -2.10. The summed E-state index contributed by atoms with van der Waals surface area (Å²) in [6, 6.07) is 10.8. The van der Waals surface area contributed by atoms with E-state index in [0.29, 0.717) is 24.2 Å². The first-order valence-corrected chi connectivity index (χ1v) is 9.06. The molecule has 1 aromatic carbocycles. The van der Waals surface area contributed by atoms with Crippen molar-refractivity contribution in [3.63, 3.8) is 0 Å². The molecule has 3 rings (SSSR count). The zero-order valence-electron chi connectivity index (χ0n) is 14.5. The van der Waals surface area contributed by atoms with Gasteiger partial charge in [0.15, 0.2) is 0 Å². The lowest BCUT2D eigenvalue weighted by Gasteiger charge is -2.38. The number of imidazole rings is 1. The first kappa shape index (κ1) is 16.7. The number of rotatable bonds is 6. The van der Waals surface area contributed by atoms with Crippen LogP contribution < -0.4 is 0 Å². The van der Waals surface area contributed by atoms with Crippen LogP contribution in [0.5, 0.6) is 0 Å². The standard InChI is InChI=1S/C20H27N3O/c1-2-17-15-23(13-10-19(17)18-7-4-3-5-8-18)20(24)9-6-12-22-14-11-21-16-22/h3-5,7-8,11,14,16-17,19H,2,6,9-10,12-13,15H2,1H3. The molecule has 128 valence electrons. The fourth-order valence-electron chi connectivity index (χ4n) is 3.80. The molecule has 1 aliphatic heterocycles. The number of nitrogens with zero attached hydrogens (tertiary/aromatic N) is 3. The normalized spacial score (nSPS) is 21.0. The van der Waals surface area contributed by atoms with E-state index in [1.807, 2.05) is 17.1 Å². The Bertz CT molecular complexity index is 624. The van der Waals surface area contributed by atoms with Crippen LogP contribution in [0.4, 0.5) is 0 Å². The highest BCUT2D eigenvalue weighted by atomic mass is 16.2. The summed E-state index contributed by atoms with van der Waals surface area (Å²) in [6.07, 6.45) is 9.25. The molecular weight excluding hydrogens is 298 g/mol. The number of amides is 1. The summed E-state index contributed by atoms with van der Waals surface area (Å²) >= 11 is 0. The van der Waals surface area contributed by atoms with E-state index in [9.17, 15) is 4.79 Å². The highest BCUT2D eigenvalue weighted by molar-refractivity contribution is 5.76. The maximum Gasteiger partial charge on any atom is 0.222 e. The van der Waals surface area contributed by atoms with E-state index in [2.05, 4.69) is 47.1 Å². The predicted molar refractivity (Wildman–Crippen MR) is 95.6 cm³/mol. The SMILES string of the molecule is CCC1CN(C(=O)CCCn2ccnc2)CCC1c1ccccc1. The first-order valence-electron chi connectivity index (χ1n) is 9.06. The largest absolute Gasteiger partial charge is 0.342 e. The van der Waals surface area contributed by atoms with Crippen LogP contribution in [0.1, 0.15) is 44.1 Å². The van der Waals surface area contributed by atoms with Gasteiger partial charge in [0.1, 0.15) is 0 Å². The number of aryl methyl sites for hydroxylation is 1. The Morgan fingerprint density at radius 3 is 2.83 bits per heavy atom. The van der Waals surface area contributed by atoms with Crippen molar-refractivity contribution in [1.29, 1.82) is 0 Å². The topological polar surface area (TPSA) is 38.1 Å². The summed E-state index contributed by atoms with van der Waals surface area (Å²) in [4.78, 5) is 18.7. The van der Waals surface area contributed by atoms with Crippen molar-refractivity contribution in [2.24, 2.45) is 5.92 Å². The zero-order chi connectivity index (χ0) is 16.8. The molecule has 0 saturated carbocycles. The summed E-state index contributed by atoms with van der Waals surface area (Å²) < 4.78 is 2.03. The Labute approximate surface area is 144 Å². The third-order valence-electron chi connectivity index (χ3n) is 5.20. The average molecular weight is 325 g/mol. The molecule has 2 aromatic rings. The molecule has 2 atom stereocenters. The summed E-state index contributed by atoms with van der Waals surface area (Å²) in [5.74, 6) is 1.46. The van der Waals surface area contributed by atoms with Crippen molar-refractivity contribution < 1.29 is 4.79 Å². The smallest absolute Gasteiger partial charge is 0.222 e. The molecule has 0 bridgehead atoms. The summed E-state index contributed by atoms with van der Waals surface area (Å²) in [7, 11) is 0. The second-order valence-corrected chi connectivity index (χ2v) is 6.72. The van der Waals surface area contributed by atoms with Gasteiger partial charge in [-0.25, -0.2) is 4.98 Å². The molecule has 2 unspecified atom stereocenters. The fourth-order valence-corrected chi connectivity index (χ4v) is 3.80. The van der Waals surface area contributed by atoms with Gasteiger partial charge in [-0.1, -0.05) is 43.7 Å². The van der Waals surface area contributed by atoms with Gasteiger partial charge < -0.3 is 9.47 Å². The predicted octanol–water partition coefficient (Wildman–Crippen LogP) is 3.71. The number of piperidine rings is 1. The van der Waals surface area contributed by atoms with E-state index in [0.717, 1.165) is 38.9 Å². The second-order valence-electron chi connectivity index (χ2n) is 6.72. The van der Waals surface area contributed by atoms with Gasteiger partial charge in [-0.15, -0.1) is 0 Å². The van der Waals surface area contributed by atoms with Gasteiger partial charge in [0.25, 0.3) is 0 Å². The second kappa shape index (κ2) is 8.13. The summed E-state index contributed by atoms with van der Waals surface area (Å²) in [5.41, 5.74) is 1.43. The summed E-state index contributed by atoms with van der Waals surface area (Å²) in [5, 5.41) is 0.